The van der Waals surface area contributed by atoms with Crippen molar-refractivity contribution in [1.29, 1.82) is 0 Å². The van der Waals surface area contributed by atoms with Crippen molar-refractivity contribution in [2.75, 3.05) is 0 Å². The van der Waals surface area contributed by atoms with Gasteiger partial charge in [0.05, 0.1) is 0 Å². The number of allylic oxidation sites excluding steroid dienone is 6. The van der Waals surface area contributed by atoms with E-state index >= 15 is 0 Å². The maximum Gasteiger partial charge on any atom is 0.335 e. The Bertz CT molecular complexity index is 625. The van der Waals surface area contributed by atoms with Gasteiger partial charge in [-0.1, -0.05) is 48.6 Å². The van der Waals surface area contributed by atoms with Crippen molar-refractivity contribution >= 4 is 23.9 Å². The minimum atomic E-state index is -2.03. The van der Waals surface area contributed by atoms with Crippen LogP contribution in [-0.2, 0) is 23.9 Å². The molecule has 0 saturated carbocycles. The van der Waals surface area contributed by atoms with Crippen molar-refractivity contribution < 1.29 is 34.1 Å². The zero-order chi connectivity index (χ0) is 17.1. The molecule has 2 N–H and O–H groups in total. The van der Waals surface area contributed by atoms with Gasteiger partial charge in [0, 0.05) is 0 Å². The van der Waals surface area contributed by atoms with Crippen molar-refractivity contribution in [3.63, 3.8) is 0 Å². The van der Waals surface area contributed by atoms with Crippen LogP contribution < -0.4 is 0 Å². The van der Waals surface area contributed by atoms with E-state index in [0.717, 1.165) is 12.2 Å². The van der Waals surface area contributed by atoms with Gasteiger partial charge < -0.3 is 14.9 Å². The highest BCUT2D eigenvalue weighted by molar-refractivity contribution is 6.10. The summed E-state index contributed by atoms with van der Waals surface area (Å²) >= 11 is 0. The van der Waals surface area contributed by atoms with Gasteiger partial charge >= 0.3 is 23.9 Å². The van der Waals surface area contributed by atoms with Crippen LogP contribution in [0.25, 0.3) is 0 Å². The summed E-state index contributed by atoms with van der Waals surface area (Å²) in [6.45, 7) is 0. The fraction of sp³-hybridized carbons (Fsp3) is 0.250. The van der Waals surface area contributed by atoms with E-state index < -0.39 is 34.7 Å². The Morgan fingerprint density at radius 2 is 1.13 bits per heavy atom. The Hall–Kier alpha value is -2.96. The number of carbonyl (C=O) groups excluding carboxylic acids is 2. The maximum atomic E-state index is 12.2. The highest BCUT2D eigenvalue weighted by Crippen LogP contribution is 2.34. The SMILES string of the molecule is O=C(O)C1(C(=O)OC(=O)C2(C(=O)O)C=CC=CC2)C=CC=CC1. The first-order valence-corrected chi connectivity index (χ1v) is 6.77. The Morgan fingerprint density at radius 1 is 0.739 bits per heavy atom. The Kier molecular flexibility index (Phi) is 4.31. The lowest BCUT2D eigenvalue weighted by Crippen LogP contribution is -2.45. The third-order valence-electron chi connectivity index (χ3n) is 3.81. The summed E-state index contributed by atoms with van der Waals surface area (Å²) in [6, 6.07) is 0. The summed E-state index contributed by atoms with van der Waals surface area (Å²) in [5, 5.41) is 18.6. The quantitative estimate of drug-likeness (QED) is 0.591. The van der Waals surface area contributed by atoms with E-state index in [1.54, 1.807) is 12.2 Å². The minimum Gasteiger partial charge on any atom is -0.480 e. The van der Waals surface area contributed by atoms with Crippen LogP contribution in [0.5, 0.6) is 0 Å². The number of aliphatic carboxylic acids is 2. The molecule has 0 aliphatic heterocycles. The van der Waals surface area contributed by atoms with Crippen molar-refractivity contribution in [2.45, 2.75) is 12.8 Å². The highest BCUT2D eigenvalue weighted by atomic mass is 16.6. The first-order valence-electron chi connectivity index (χ1n) is 6.77. The molecular weight excluding hydrogens is 304 g/mol. The second kappa shape index (κ2) is 6.04. The van der Waals surface area contributed by atoms with Crippen LogP contribution in [0.3, 0.4) is 0 Å². The molecular formula is C16H14O7. The molecule has 2 aliphatic rings. The molecule has 0 aromatic rings. The molecule has 0 aromatic heterocycles. The number of hydrogen-bond donors (Lipinski definition) is 2. The lowest BCUT2D eigenvalue weighted by Gasteiger charge is -2.27. The molecule has 0 heterocycles. The van der Waals surface area contributed by atoms with E-state index in [4.69, 9.17) is 0 Å². The second-order valence-electron chi connectivity index (χ2n) is 5.21. The largest absolute Gasteiger partial charge is 0.480 e. The lowest BCUT2D eigenvalue weighted by atomic mass is 9.80. The van der Waals surface area contributed by atoms with Crippen LogP contribution in [0.15, 0.2) is 48.6 Å². The van der Waals surface area contributed by atoms with Crippen LogP contribution in [0.2, 0.25) is 0 Å². The molecule has 23 heavy (non-hydrogen) atoms. The molecule has 0 aromatic carbocycles. The van der Waals surface area contributed by atoms with E-state index in [0.29, 0.717) is 0 Å². The number of carbonyl (C=O) groups is 4. The Labute approximate surface area is 131 Å². The second-order valence-corrected chi connectivity index (χ2v) is 5.21. The lowest BCUT2D eigenvalue weighted by molar-refractivity contribution is -0.177. The summed E-state index contributed by atoms with van der Waals surface area (Å²) in [6.07, 6.45) is 10.6. The minimum absolute atomic E-state index is 0.180. The average Bonchev–Trinajstić information content (AvgIpc) is 2.55. The van der Waals surface area contributed by atoms with Crippen molar-refractivity contribution in [1.82, 2.24) is 0 Å². The molecule has 0 spiro atoms. The molecule has 0 amide bonds. The first kappa shape index (κ1) is 16.4. The standard InChI is InChI=1S/C16H14O7/c17-11(18)15(7-3-1-4-8-15)13(21)23-14(22)16(12(19)20)9-5-2-6-10-16/h1-7,9H,8,10H2,(H,17,18)(H,19,20). The first-order chi connectivity index (χ1) is 10.8. The number of rotatable bonds is 4. The maximum absolute atomic E-state index is 12.2. The van der Waals surface area contributed by atoms with Gasteiger partial charge in [-0.15, -0.1) is 0 Å². The molecule has 0 bridgehead atoms. The summed E-state index contributed by atoms with van der Waals surface area (Å²) in [7, 11) is 0. The smallest absolute Gasteiger partial charge is 0.335 e. The number of esters is 2. The van der Waals surface area contributed by atoms with Gasteiger partial charge in [0.25, 0.3) is 0 Å². The number of ether oxygens (including phenoxy) is 1. The normalized spacial score (nSPS) is 28.3. The molecule has 2 unspecified atom stereocenters. The summed E-state index contributed by atoms with van der Waals surface area (Å²) in [5.74, 6) is -5.56. The van der Waals surface area contributed by atoms with Crippen molar-refractivity contribution in [3.05, 3.63) is 48.6 Å². The van der Waals surface area contributed by atoms with Crippen LogP contribution in [0, 0.1) is 10.8 Å². The third-order valence-corrected chi connectivity index (χ3v) is 3.81. The highest BCUT2D eigenvalue weighted by Gasteiger charge is 2.51. The predicted octanol–water partition coefficient (Wildman–Crippen LogP) is 1.23. The molecule has 0 radical (unpaired) electrons. The van der Waals surface area contributed by atoms with Crippen LogP contribution in [0.1, 0.15) is 12.8 Å². The van der Waals surface area contributed by atoms with Gasteiger partial charge in [0.15, 0.2) is 10.8 Å². The predicted molar refractivity (Wildman–Crippen MR) is 77.0 cm³/mol. The molecule has 0 fully saturated rings. The molecule has 2 rings (SSSR count). The Morgan fingerprint density at radius 3 is 1.39 bits per heavy atom. The zero-order valence-electron chi connectivity index (χ0n) is 12.0. The number of carboxylic acid groups (broad SMARTS) is 2. The van der Waals surface area contributed by atoms with E-state index in [-0.39, 0.29) is 12.8 Å². The van der Waals surface area contributed by atoms with Crippen molar-refractivity contribution in [3.8, 4) is 0 Å². The summed E-state index contributed by atoms with van der Waals surface area (Å²) in [4.78, 5) is 47.4. The average molecular weight is 318 g/mol. The fourth-order valence-corrected chi connectivity index (χ4v) is 2.30. The van der Waals surface area contributed by atoms with E-state index in [9.17, 15) is 29.4 Å². The molecule has 2 atom stereocenters. The molecule has 2 aliphatic carbocycles. The third kappa shape index (κ3) is 2.73. The van der Waals surface area contributed by atoms with E-state index in [1.807, 2.05) is 0 Å². The van der Waals surface area contributed by atoms with Gasteiger partial charge in [-0.3, -0.25) is 9.59 Å². The van der Waals surface area contributed by atoms with Gasteiger partial charge in [-0.2, -0.15) is 0 Å². The zero-order valence-corrected chi connectivity index (χ0v) is 12.0. The van der Waals surface area contributed by atoms with Gasteiger partial charge in [-0.25, -0.2) is 9.59 Å². The molecule has 0 saturated heterocycles. The topological polar surface area (TPSA) is 118 Å². The monoisotopic (exact) mass is 318 g/mol. The summed E-state index contributed by atoms with van der Waals surface area (Å²) < 4.78 is 4.65. The Balaban J connectivity index is 2.26. The number of carboxylic acids is 2. The van der Waals surface area contributed by atoms with Crippen LogP contribution in [0.4, 0.5) is 0 Å². The molecule has 7 heteroatoms. The molecule has 120 valence electrons. The van der Waals surface area contributed by atoms with Gasteiger partial charge in [0.2, 0.25) is 0 Å². The fourth-order valence-electron chi connectivity index (χ4n) is 2.30. The van der Waals surface area contributed by atoms with Crippen molar-refractivity contribution in [2.24, 2.45) is 10.8 Å². The van der Waals surface area contributed by atoms with Gasteiger partial charge in [0.1, 0.15) is 0 Å². The van der Waals surface area contributed by atoms with E-state index in [2.05, 4.69) is 4.74 Å². The van der Waals surface area contributed by atoms with E-state index in [1.165, 1.54) is 24.3 Å². The summed E-state index contributed by atoms with van der Waals surface area (Å²) in [5.41, 5.74) is -4.06. The van der Waals surface area contributed by atoms with Gasteiger partial charge in [-0.05, 0) is 12.8 Å². The van der Waals surface area contributed by atoms with Crippen LogP contribution in [-0.4, -0.2) is 34.1 Å². The number of hydrogen-bond acceptors (Lipinski definition) is 5. The van der Waals surface area contributed by atoms with Crippen LogP contribution >= 0.6 is 0 Å². The molecule has 7 nitrogen and oxygen atoms in total.